The first kappa shape index (κ1) is 9.45. The molecule has 0 atom stereocenters. The zero-order valence-corrected chi connectivity index (χ0v) is 8.02. The highest BCUT2D eigenvalue weighted by Crippen LogP contribution is 2.06. The fraction of sp³-hybridized carbons (Fsp3) is 0.0909. The maximum absolute atomic E-state index is 11.4. The van der Waals surface area contributed by atoms with Gasteiger partial charge in [-0.15, -0.1) is 0 Å². The maximum Gasteiger partial charge on any atom is 0.284 e. The quantitative estimate of drug-likeness (QED) is 0.687. The minimum atomic E-state index is -0.334. The van der Waals surface area contributed by atoms with Crippen LogP contribution in [0, 0.1) is 10.6 Å². The zero-order chi connectivity index (χ0) is 10.8. The monoisotopic (exact) mass is 204 g/mol. The highest BCUT2D eigenvalue weighted by molar-refractivity contribution is 5.13. The van der Waals surface area contributed by atoms with Gasteiger partial charge in [-0.05, 0) is 18.2 Å². The van der Waals surface area contributed by atoms with Crippen LogP contribution in [0.3, 0.4) is 0 Å². The fourth-order valence-corrected chi connectivity index (χ4v) is 1.29. The van der Waals surface area contributed by atoms with Gasteiger partial charge in [0, 0.05) is 6.07 Å². The van der Waals surface area contributed by atoms with Crippen molar-refractivity contribution in [2.75, 3.05) is 7.11 Å². The molecule has 0 aromatic heterocycles. The lowest BCUT2D eigenvalue weighted by molar-refractivity contribution is 0.290. The van der Waals surface area contributed by atoms with E-state index in [2.05, 4.69) is 0 Å². The molecule has 76 valence electrons. The van der Waals surface area contributed by atoms with Gasteiger partial charge in [-0.25, -0.2) is 0 Å². The Labute approximate surface area is 84.4 Å². The summed E-state index contributed by atoms with van der Waals surface area (Å²) in [6.45, 7) is 0. The van der Waals surface area contributed by atoms with Gasteiger partial charge in [-0.2, -0.15) is 0 Å². The molecule has 0 fully saturated rings. The lowest BCUT2D eigenvalue weighted by Crippen LogP contribution is -2.10. The van der Waals surface area contributed by atoms with Crippen LogP contribution in [0.5, 0.6) is 5.95 Å². The molecule has 0 radical (unpaired) electrons. The third kappa shape index (κ3) is 1.61. The van der Waals surface area contributed by atoms with E-state index in [4.69, 9.17) is 9.15 Å². The molecule has 1 heterocycles. The number of ether oxygens (including phenoxy) is 1. The first-order valence-electron chi connectivity index (χ1n) is 4.33. The standard InChI is InChI=1S/C11H8O4/c1-14-10-4-2-3-7-8(12)5-6-9(13)11(7)15-10/h2-6H,1H3. The van der Waals surface area contributed by atoms with E-state index in [1.54, 1.807) is 12.1 Å². The summed E-state index contributed by atoms with van der Waals surface area (Å²) in [5, 5.41) is 0.255. The van der Waals surface area contributed by atoms with Gasteiger partial charge >= 0.3 is 0 Å². The van der Waals surface area contributed by atoms with Crippen LogP contribution in [-0.2, 0) is 0 Å². The van der Waals surface area contributed by atoms with E-state index in [9.17, 15) is 9.59 Å². The molecule has 0 spiro atoms. The van der Waals surface area contributed by atoms with E-state index < -0.39 is 0 Å². The smallest absolute Gasteiger partial charge is 0.284 e. The fourth-order valence-electron chi connectivity index (χ4n) is 1.29. The number of hydrogen-bond donors (Lipinski definition) is 0. The molecule has 0 unspecified atom stereocenters. The minimum absolute atomic E-state index is 0.0179. The summed E-state index contributed by atoms with van der Waals surface area (Å²) in [6, 6.07) is 7.09. The van der Waals surface area contributed by atoms with Crippen LogP contribution in [0.25, 0.3) is 0 Å². The SMILES string of the molecule is COc1cccc2c(=O)ccc(=O)c=2o1. The number of rotatable bonds is 1. The van der Waals surface area contributed by atoms with Crippen molar-refractivity contribution in [3.05, 3.63) is 61.4 Å². The molecular weight excluding hydrogens is 196 g/mol. The van der Waals surface area contributed by atoms with Crippen molar-refractivity contribution in [1.29, 1.82) is 0 Å². The summed E-state index contributed by atoms with van der Waals surface area (Å²) < 4.78 is 10.1. The molecule has 1 aliphatic carbocycles. The normalized spacial score (nSPS) is 10.2. The molecule has 0 saturated carbocycles. The van der Waals surface area contributed by atoms with Gasteiger partial charge in [0.05, 0.1) is 12.3 Å². The van der Waals surface area contributed by atoms with Crippen molar-refractivity contribution in [2.45, 2.75) is 0 Å². The highest BCUT2D eigenvalue weighted by atomic mass is 16.6. The molecule has 0 amide bonds. The van der Waals surface area contributed by atoms with Crippen molar-refractivity contribution < 1.29 is 9.15 Å². The van der Waals surface area contributed by atoms with E-state index >= 15 is 0 Å². The summed E-state index contributed by atoms with van der Waals surface area (Å²) in [7, 11) is 1.43. The molecule has 15 heavy (non-hydrogen) atoms. The topological polar surface area (TPSA) is 56.5 Å². The predicted molar refractivity (Wildman–Crippen MR) is 53.1 cm³/mol. The molecule has 1 aliphatic heterocycles. The third-order valence-corrected chi connectivity index (χ3v) is 2.02. The van der Waals surface area contributed by atoms with Crippen LogP contribution >= 0.6 is 0 Å². The lowest BCUT2D eigenvalue weighted by Gasteiger charge is -1.91. The molecule has 2 rings (SSSR count). The molecule has 0 aromatic rings. The van der Waals surface area contributed by atoms with Crippen molar-refractivity contribution in [2.24, 2.45) is 0 Å². The van der Waals surface area contributed by atoms with Gasteiger partial charge in [0.2, 0.25) is 5.43 Å². The molecule has 0 aromatic carbocycles. The zero-order valence-electron chi connectivity index (χ0n) is 8.02. The molecule has 4 heteroatoms. The largest absolute Gasteiger partial charge is 0.468 e. The Morgan fingerprint density at radius 2 is 1.80 bits per heavy atom. The number of methoxy groups -OCH3 is 1. The summed E-state index contributed by atoms with van der Waals surface area (Å²) in [4.78, 5) is 22.9. The highest BCUT2D eigenvalue weighted by Gasteiger charge is 1.99. The average Bonchev–Trinajstić information content (AvgIpc) is 2.46. The van der Waals surface area contributed by atoms with Gasteiger partial charge in [0.25, 0.3) is 5.95 Å². The van der Waals surface area contributed by atoms with Crippen LogP contribution in [0.4, 0.5) is 0 Å². The van der Waals surface area contributed by atoms with E-state index in [1.165, 1.54) is 25.3 Å². The summed E-state index contributed by atoms with van der Waals surface area (Å²) >= 11 is 0. The molecular formula is C11H8O4. The first-order valence-corrected chi connectivity index (χ1v) is 4.33. The first-order chi connectivity index (χ1) is 7.22. The Hall–Kier alpha value is -2.10. The Bertz CT molecular complexity index is 657. The van der Waals surface area contributed by atoms with Crippen LogP contribution in [0.1, 0.15) is 0 Å². The second-order valence-corrected chi connectivity index (χ2v) is 2.96. The lowest BCUT2D eigenvalue weighted by atomic mass is 10.3. The van der Waals surface area contributed by atoms with Crippen molar-refractivity contribution in [3.8, 4) is 5.95 Å². The van der Waals surface area contributed by atoms with Gasteiger partial charge in [0.15, 0.2) is 10.8 Å². The maximum atomic E-state index is 11.4. The van der Waals surface area contributed by atoms with Crippen LogP contribution in [0.15, 0.2) is 44.3 Å². The van der Waals surface area contributed by atoms with Crippen LogP contribution in [-0.4, -0.2) is 7.11 Å². The van der Waals surface area contributed by atoms with Gasteiger partial charge in [-0.1, -0.05) is 6.07 Å². The van der Waals surface area contributed by atoms with Gasteiger partial charge in [-0.3, -0.25) is 9.59 Å². The second-order valence-electron chi connectivity index (χ2n) is 2.96. The second kappa shape index (κ2) is 3.57. The van der Waals surface area contributed by atoms with E-state index in [-0.39, 0.29) is 27.4 Å². The van der Waals surface area contributed by atoms with Crippen molar-refractivity contribution in [1.82, 2.24) is 0 Å². The summed E-state index contributed by atoms with van der Waals surface area (Å²) in [5.74, 6) is 0.188. The molecule has 2 aliphatic rings. The van der Waals surface area contributed by atoms with Crippen molar-refractivity contribution in [3.63, 3.8) is 0 Å². The Kier molecular flexibility index (Phi) is 2.25. The Morgan fingerprint density at radius 3 is 2.53 bits per heavy atom. The van der Waals surface area contributed by atoms with Crippen molar-refractivity contribution >= 4 is 0 Å². The predicted octanol–water partition coefficient (Wildman–Crippen LogP) is 0.733. The number of hydrogen-bond acceptors (Lipinski definition) is 4. The van der Waals surface area contributed by atoms with Gasteiger partial charge < -0.3 is 9.15 Å². The van der Waals surface area contributed by atoms with E-state index in [0.29, 0.717) is 0 Å². The van der Waals surface area contributed by atoms with E-state index in [1.807, 2.05) is 0 Å². The molecule has 0 bridgehead atoms. The minimum Gasteiger partial charge on any atom is -0.468 e. The average molecular weight is 204 g/mol. The van der Waals surface area contributed by atoms with Crippen LogP contribution < -0.4 is 15.6 Å². The molecule has 0 N–H and O–H groups in total. The Morgan fingerprint density at radius 1 is 1.07 bits per heavy atom. The van der Waals surface area contributed by atoms with E-state index in [0.717, 1.165) is 0 Å². The molecule has 0 saturated heterocycles. The van der Waals surface area contributed by atoms with Gasteiger partial charge in [0.1, 0.15) is 0 Å². The van der Waals surface area contributed by atoms with Crippen LogP contribution in [0.2, 0.25) is 0 Å². The Balaban J connectivity index is 3.12. The summed E-state index contributed by atoms with van der Waals surface area (Å²) in [5.41, 5.74) is -0.560. The molecule has 4 nitrogen and oxygen atoms in total. The summed E-state index contributed by atoms with van der Waals surface area (Å²) in [6.07, 6.45) is 0. The third-order valence-electron chi connectivity index (χ3n) is 2.02.